The van der Waals surface area contributed by atoms with Crippen LogP contribution in [-0.4, -0.2) is 222 Å². The van der Waals surface area contributed by atoms with Crippen LogP contribution in [-0.2, 0) is 52.3 Å². The van der Waals surface area contributed by atoms with E-state index in [-0.39, 0.29) is 25.8 Å². The molecule has 26 heteroatoms. The lowest BCUT2D eigenvalue weighted by molar-refractivity contribution is -0.469. The van der Waals surface area contributed by atoms with E-state index in [0.717, 1.165) is 5.56 Å². The molecule has 14 N–H and O–H groups in total. The number of ether oxygens (including phenoxy) is 8. The van der Waals surface area contributed by atoms with Crippen molar-refractivity contribution in [1.29, 1.82) is 0 Å². The molecule has 5 saturated heterocycles. The van der Waals surface area contributed by atoms with Gasteiger partial charge in [0.25, 0.3) is 0 Å². The zero-order valence-electron chi connectivity index (χ0n) is 56.6. The lowest BCUT2D eigenvalue weighted by Gasteiger charge is -2.69. The van der Waals surface area contributed by atoms with E-state index in [9.17, 15) is 65.4 Å². The molecule has 7 unspecified atom stereocenters. The third-order valence-corrected chi connectivity index (χ3v) is 23.2. The van der Waals surface area contributed by atoms with E-state index in [0.29, 0.717) is 0 Å². The van der Waals surface area contributed by atoms with Crippen LogP contribution in [0.3, 0.4) is 0 Å². The Kier molecular flexibility index (Phi) is 22.9. The van der Waals surface area contributed by atoms with Gasteiger partial charge in [0.2, 0.25) is 17.7 Å². The Morgan fingerprint density at radius 1 is 0.477 bits per heavy atom. The van der Waals surface area contributed by atoms with Gasteiger partial charge in [-0.25, -0.2) is 4.84 Å². The van der Waals surface area contributed by atoms with Crippen LogP contribution in [0.4, 0.5) is 0 Å². The molecule has 5 aliphatic heterocycles. The summed E-state index contributed by atoms with van der Waals surface area (Å²) in [5.41, 5.74) is -24.7. The van der Waals surface area contributed by atoms with Crippen molar-refractivity contribution in [3.05, 3.63) is 35.9 Å². The number of hydrogen-bond acceptors (Lipinski definition) is 22. The van der Waals surface area contributed by atoms with Crippen molar-refractivity contribution in [1.82, 2.24) is 20.8 Å². The van der Waals surface area contributed by atoms with Crippen molar-refractivity contribution in [3.8, 4) is 0 Å². The Bertz CT molecular complexity index is 2640. The van der Waals surface area contributed by atoms with E-state index in [1.165, 1.54) is 97.3 Å². The highest BCUT2D eigenvalue weighted by Gasteiger charge is 2.79. The van der Waals surface area contributed by atoms with Crippen molar-refractivity contribution >= 4 is 29.5 Å². The van der Waals surface area contributed by atoms with Gasteiger partial charge in [0.05, 0.1) is 48.7 Å². The van der Waals surface area contributed by atoms with E-state index >= 15 is 0 Å². The number of hydrogen-bond donors (Lipinski definition) is 14. The lowest BCUT2D eigenvalue weighted by Crippen LogP contribution is -2.89. The second-order valence-electron chi connectivity index (χ2n) is 28.5. The Hall–Kier alpha value is -2.84. The van der Waals surface area contributed by atoms with Crippen LogP contribution in [0.15, 0.2) is 30.3 Å². The van der Waals surface area contributed by atoms with E-state index in [1.54, 1.807) is 83.1 Å². The minimum Gasteiger partial charge on any atom is -0.393 e. The van der Waals surface area contributed by atoms with E-state index < -0.39 is 144 Å². The van der Waals surface area contributed by atoms with E-state index in [1.807, 2.05) is 37.3 Å². The smallest absolute Gasteiger partial charge is 0.217 e. The Balaban J connectivity index is 0.000000405. The van der Waals surface area contributed by atoms with E-state index in [4.69, 9.17) is 49.7 Å². The molecular formula is C62H113ClN4O21. The maximum atomic E-state index is 12.0. The Morgan fingerprint density at radius 3 is 1.12 bits per heavy atom. The minimum absolute atomic E-state index is 0. The number of rotatable bonds is 10. The molecule has 5 fully saturated rings. The molecule has 0 aromatic heterocycles. The lowest BCUT2D eigenvalue weighted by atomic mass is 9.57. The number of benzene rings is 1. The summed E-state index contributed by atoms with van der Waals surface area (Å²) in [4.78, 5) is 37.7. The van der Waals surface area contributed by atoms with Crippen LogP contribution in [0.25, 0.3) is 0 Å². The zero-order chi connectivity index (χ0) is 68.7. The SMILES string of the molecule is C.CC(=O)N[C@]1(C)C(C)(C)OC(C)(CO)[C@@](C)(O)[C@@]1(C)O.CC1(CO)OC(C)(C)[C@@](C)(NCl)[C@](C)(O)[C@]1(C)O.COC1(C)OC(C)(CO)[C@@](C)(O)[C@@](C)(O)[C@]1(C)NC(C)=O.COC1(C)OC2(C)COC(c3ccccc3)O[C@@]2(C)[C@@](C)(O)[C@]1(C)NC(C)=O. The van der Waals surface area contributed by atoms with Crippen LogP contribution >= 0.6 is 11.8 Å². The zero-order valence-corrected chi connectivity index (χ0v) is 57.4. The normalized spacial score (nSPS) is 48.3. The average Bonchev–Trinajstić information content (AvgIpc) is 0.752. The number of carbonyl (C=O) groups is 3. The van der Waals surface area contributed by atoms with Crippen LogP contribution < -0.4 is 20.8 Å². The monoisotopic (exact) mass is 1280 g/mol. The molecule has 88 heavy (non-hydrogen) atoms. The molecule has 0 radical (unpaired) electrons. The Labute approximate surface area is 527 Å². The first-order valence-corrected chi connectivity index (χ1v) is 29.4. The summed E-state index contributed by atoms with van der Waals surface area (Å²) in [6, 6.07) is 9.52. The first-order valence-electron chi connectivity index (χ1n) is 29.0. The molecule has 3 amide bonds. The third kappa shape index (κ3) is 11.5. The number of amides is 3. The van der Waals surface area contributed by atoms with Gasteiger partial charge in [-0.1, -0.05) is 37.8 Å². The van der Waals surface area contributed by atoms with Crippen molar-refractivity contribution in [3.63, 3.8) is 0 Å². The number of carbonyl (C=O) groups excluding carboxylic acids is 3. The summed E-state index contributed by atoms with van der Waals surface area (Å²) >= 11 is 5.79. The van der Waals surface area contributed by atoms with Crippen LogP contribution in [0.2, 0.25) is 0 Å². The van der Waals surface area contributed by atoms with Crippen molar-refractivity contribution in [2.45, 2.75) is 299 Å². The number of nitrogens with one attached hydrogen (secondary N) is 4. The molecule has 0 aliphatic carbocycles. The fourth-order valence-corrected chi connectivity index (χ4v) is 14.0. The molecule has 1 aromatic carbocycles. The summed E-state index contributed by atoms with van der Waals surface area (Å²) in [6.07, 6.45) is -0.678. The Morgan fingerprint density at radius 2 is 0.784 bits per heavy atom. The molecule has 1 aromatic rings. The highest BCUT2D eigenvalue weighted by molar-refractivity contribution is 6.14. The van der Waals surface area contributed by atoms with Crippen LogP contribution in [0.1, 0.15) is 192 Å². The van der Waals surface area contributed by atoms with Crippen molar-refractivity contribution < 1.29 is 103 Å². The van der Waals surface area contributed by atoms with Crippen molar-refractivity contribution in [2.24, 2.45) is 0 Å². The molecule has 514 valence electrons. The first kappa shape index (κ1) is 81.3. The number of fused-ring (bicyclic) bond motifs is 1. The van der Waals surface area contributed by atoms with Gasteiger partial charge in [-0.05, 0) is 164 Å². The van der Waals surface area contributed by atoms with Gasteiger partial charge in [-0.2, -0.15) is 0 Å². The largest absolute Gasteiger partial charge is 0.393 e. The molecule has 6 rings (SSSR count). The summed E-state index contributed by atoms with van der Waals surface area (Å²) in [5, 5.41) is 114. The fourth-order valence-electron chi connectivity index (χ4n) is 13.6. The number of aliphatic hydroxyl groups is 10. The summed E-state index contributed by atoms with van der Waals surface area (Å²) in [7, 11) is 2.85. The van der Waals surface area contributed by atoms with E-state index in [2.05, 4.69) is 20.8 Å². The van der Waals surface area contributed by atoms with Gasteiger partial charge in [-0.3, -0.25) is 14.4 Å². The number of halogens is 1. The molecule has 0 bridgehead atoms. The fraction of sp³-hybridized carbons (Fsp3) is 0.855. The molecular weight excluding hydrogens is 1170 g/mol. The van der Waals surface area contributed by atoms with Gasteiger partial charge in [0, 0.05) is 40.6 Å². The second kappa shape index (κ2) is 24.8. The van der Waals surface area contributed by atoms with Gasteiger partial charge >= 0.3 is 0 Å². The van der Waals surface area contributed by atoms with Gasteiger partial charge < -0.3 is 105 Å². The maximum Gasteiger partial charge on any atom is 0.217 e. The van der Waals surface area contributed by atoms with Crippen LogP contribution in [0.5, 0.6) is 0 Å². The number of methoxy groups -OCH3 is 2. The topological polar surface area (TPSA) is 375 Å². The average molecular weight is 1290 g/mol. The summed E-state index contributed by atoms with van der Waals surface area (Å²) in [5.74, 6) is -3.86. The van der Waals surface area contributed by atoms with Gasteiger partial charge in [0.15, 0.2) is 17.9 Å². The maximum absolute atomic E-state index is 12.0. The highest BCUT2D eigenvalue weighted by atomic mass is 35.5. The van der Waals surface area contributed by atoms with Gasteiger partial charge in [0.1, 0.15) is 78.3 Å². The molecule has 25 nitrogen and oxygen atoms in total. The molecule has 5 heterocycles. The van der Waals surface area contributed by atoms with Gasteiger partial charge in [-0.15, -0.1) is 0 Å². The molecule has 19 atom stereocenters. The highest BCUT2D eigenvalue weighted by Crippen LogP contribution is 2.60. The predicted octanol–water partition coefficient (Wildman–Crippen LogP) is 2.94. The van der Waals surface area contributed by atoms with Crippen molar-refractivity contribution in [2.75, 3.05) is 40.6 Å². The first-order chi connectivity index (χ1) is 38.6. The minimum atomic E-state index is -1.86. The number of aliphatic hydroxyl groups excluding tert-OH is 3. The standard InChI is InChI=1S/C21H31NO6.C14H27NO6.C14H27NO5.C12H24ClNO4.CH4/c1-14(23)22-18(3)19(4,24)20(5)17(2,28-21(18,6)25-7)13-26-16(27-20)15-11-9-8-10-12-15;1-9(17)15-11(3)13(5,19)12(4,18)10(2,8-16)21-14(11,6)20-7;1-9(17)15-12(5)10(2,3)20-11(4,8-16)13(6,18)14(12,7)19;1-8(2)10(4,14-13)12(6,17)11(5,16)9(3,7-15)18-8;/h8-12,16,24H,13H2,1-7H3,(H,22,23);16,18-19H,8H2,1-7H3,(H,15,17);16,18-19H,8H2,1-7H3,(H,15,17);14-17H,7H2,1-6H3;1H4/t16?,17?,18-,19-,20+,21?;10?,11-,12+,13-,14?;11?,12-,13-,14+;9?,10-,11-,12+;/m0011./s1. The quantitative estimate of drug-likeness (QED) is 0.150. The van der Waals surface area contributed by atoms with Crippen LogP contribution in [0, 0.1) is 0 Å². The summed E-state index contributed by atoms with van der Waals surface area (Å²) in [6.45, 7) is 37.8. The molecule has 0 saturated carbocycles. The molecule has 0 spiro atoms. The second-order valence-corrected chi connectivity index (χ2v) is 28.7. The molecule has 5 aliphatic rings. The third-order valence-electron chi connectivity index (χ3n) is 22.9. The predicted molar refractivity (Wildman–Crippen MR) is 328 cm³/mol. The summed E-state index contributed by atoms with van der Waals surface area (Å²) < 4.78 is 47.5.